The fourth-order valence-corrected chi connectivity index (χ4v) is 0.941. The van der Waals surface area contributed by atoms with Gasteiger partial charge in [-0.25, -0.2) is 0 Å². The summed E-state index contributed by atoms with van der Waals surface area (Å²) >= 11 is 5.73. The third-order valence-corrected chi connectivity index (χ3v) is 1.58. The van der Waals surface area contributed by atoms with E-state index in [1.165, 1.54) is 0 Å². The first-order valence-corrected chi connectivity index (χ1v) is 3.41. The monoisotopic (exact) mass is 157 g/mol. The lowest BCUT2D eigenvalue weighted by Crippen LogP contribution is -1.91. The first-order chi connectivity index (χ1) is 4.84. The maximum atomic E-state index is 8.57. The van der Waals surface area contributed by atoms with Crippen molar-refractivity contribution in [3.63, 3.8) is 0 Å². The van der Waals surface area contributed by atoms with Crippen molar-refractivity contribution in [3.8, 4) is 0 Å². The molecule has 0 bridgehead atoms. The number of halogens is 1. The van der Waals surface area contributed by atoms with E-state index in [0.717, 1.165) is 5.56 Å². The summed E-state index contributed by atoms with van der Waals surface area (Å²) < 4.78 is 0. The van der Waals surface area contributed by atoms with Crippen LogP contribution in [-0.2, 0) is 6.42 Å². The van der Waals surface area contributed by atoms with Gasteiger partial charge < -0.3 is 5.11 Å². The Morgan fingerprint density at radius 3 is 3.00 bits per heavy atom. The van der Waals surface area contributed by atoms with E-state index in [-0.39, 0.29) is 6.61 Å². The van der Waals surface area contributed by atoms with E-state index in [4.69, 9.17) is 16.7 Å². The molecule has 54 valence electrons. The van der Waals surface area contributed by atoms with Crippen LogP contribution < -0.4 is 0 Å². The summed E-state index contributed by atoms with van der Waals surface area (Å²) in [6.45, 7) is 0.129. The molecule has 0 aliphatic rings. The smallest absolute Gasteiger partial charge is 0.0622 e. The Morgan fingerprint density at radius 1 is 1.60 bits per heavy atom. The maximum absolute atomic E-state index is 8.57. The van der Waals surface area contributed by atoms with E-state index >= 15 is 0 Å². The third kappa shape index (κ3) is 1.69. The molecule has 0 saturated carbocycles. The average Bonchev–Trinajstić information content (AvgIpc) is 1.94. The van der Waals surface area contributed by atoms with Crippen LogP contribution in [0.1, 0.15) is 5.56 Å². The lowest BCUT2D eigenvalue weighted by Gasteiger charge is -1.98. The van der Waals surface area contributed by atoms with Crippen LogP contribution in [-0.4, -0.2) is 16.7 Å². The largest absolute Gasteiger partial charge is 0.396 e. The molecule has 2 nitrogen and oxygen atoms in total. The van der Waals surface area contributed by atoms with Crippen molar-refractivity contribution in [2.24, 2.45) is 0 Å². The fraction of sp³-hybridized carbons (Fsp3) is 0.286. The molecule has 1 rings (SSSR count). The van der Waals surface area contributed by atoms with Gasteiger partial charge in [-0.05, 0) is 18.1 Å². The van der Waals surface area contributed by atoms with Gasteiger partial charge in [0.2, 0.25) is 0 Å². The molecule has 0 atom stereocenters. The van der Waals surface area contributed by atoms with E-state index in [2.05, 4.69) is 4.98 Å². The van der Waals surface area contributed by atoms with Crippen molar-refractivity contribution >= 4 is 11.6 Å². The number of aliphatic hydroxyl groups is 1. The van der Waals surface area contributed by atoms with Crippen LogP contribution in [0.3, 0.4) is 0 Å². The summed E-state index contributed by atoms with van der Waals surface area (Å²) in [7, 11) is 0. The van der Waals surface area contributed by atoms with Crippen LogP contribution in [0, 0.1) is 0 Å². The van der Waals surface area contributed by atoms with Crippen molar-refractivity contribution in [1.82, 2.24) is 4.98 Å². The first-order valence-electron chi connectivity index (χ1n) is 3.04. The molecular formula is C7H8ClNO. The summed E-state index contributed by atoms with van der Waals surface area (Å²) in [6, 6.07) is 1.80. The van der Waals surface area contributed by atoms with Gasteiger partial charge in [-0.2, -0.15) is 0 Å². The van der Waals surface area contributed by atoms with Crippen LogP contribution in [0.4, 0.5) is 0 Å². The van der Waals surface area contributed by atoms with E-state index in [1.54, 1.807) is 18.5 Å². The van der Waals surface area contributed by atoms with Crippen LogP contribution >= 0.6 is 11.6 Å². The van der Waals surface area contributed by atoms with Gasteiger partial charge in [0, 0.05) is 19.0 Å². The molecule has 1 aromatic heterocycles. The minimum Gasteiger partial charge on any atom is -0.396 e. The van der Waals surface area contributed by atoms with E-state index in [0.29, 0.717) is 11.4 Å². The van der Waals surface area contributed by atoms with Gasteiger partial charge in [-0.3, -0.25) is 4.98 Å². The second-order valence-corrected chi connectivity index (χ2v) is 2.35. The molecule has 10 heavy (non-hydrogen) atoms. The van der Waals surface area contributed by atoms with Gasteiger partial charge in [0.25, 0.3) is 0 Å². The van der Waals surface area contributed by atoms with E-state index < -0.39 is 0 Å². The second kappa shape index (κ2) is 3.54. The summed E-state index contributed by atoms with van der Waals surface area (Å²) in [4.78, 5) is 3.81. The molecule has 0 aliphatic heterocycles. The van der Waals surface area contributed by atoms with Crippen molar-refractivity contribution in [2.75, 3.05) is 6.61 Å². The van der Waals surface area contributed by atoms with Gasteiger partial charge in [-0.1, -0.05) is 11.6 Å². The van der Waals surface area contributed by atoms with Crippen molar-refractivity contribution in [1.29, 1.82) is 0 Å². The predicted molar refractivity (Wildman–Crippen MR) is 40.0 cm³/mol. The lowest BCUT2D eigenvalue weighted by molar-refractivity contribution is 0.299. The SMILES string of the molecule is OCCc1ccncc1Cl. The number of aromatic nitrogens is 1. The Balaban J connectivity index is 2.81. The maximum Gasteiger partial charge on any atom is 0.0622 e. The molecule has 0 saturated heterocycles. The molecule has 1 N–H and O–H groups in total. The number of hydrogen-bond acceptors (Lipinski definition) is 2. The van der Waals surface area contributed by atoms with Crippen molar-refractivity contribution in [3.05, 3.63) is 29.0 Å². The molecule has 0 spiro atoms. The molecule has 0 aromatic carbocycles. The van der Waals surface area contributed by atoms with Crippen molar-refractivity contribution < 1.29 is 5.11 Å². The molecule has 3 heteroatoms. The Morgan fingerprint density at radius 2 is 2.40 bits per heavy atom. The summed E-state index contributed by atoms with van der Waals surface area (Å²) in [6.07, 6.45) is 3.84. The molecule has 1 aromatic rings. The highest BCUT2D eigenvalue weighted by Gasteiger charge is 1.96. The van der Waals surface area contributed by atoms with Crippen LogP contribution in [0.15, 0.2) is 18.5 Å². The highest BCUT2D eigenvalue weighted by atomic mass is 35.5. The van der Waals surface area contributed by atoms with Crippen LogP contribution in [0.25, 0.3) is 0 Å². The number of rotatable bonds is 2. The van der Waals surface area contributed by atoms with Gasteiger partial charge in [0.05, 0.1) is 5.02 Å². The minimum absolute atomic E-state index is 0.129. The Bertz CT molecular complexity index is 215. The number of hydrogen-bond donors (Lipinski definition) is 1. The topological polar surface area (TPSA) is 33.1 Å². The Hall–Kier alpha value is -0.600. The van der Waals surface area contributed by atoms with Crippen molar-refractivity contribution in [2.45, 2.75) is 6.42 Å². The van der Waals surface area contributed by atoms with Gasteiger partial charge in [-0.15, -0.1) is 0 Å². The van der Waals surface area contributed by atoms with E-state index in [9.17, 15) is 0 Å². The first kappa shape index (κ1) is 7.51. The summed E-state index contributed by atoms with van der Waals surface area (Å²) in [5.41, 5.74) is 0.944. The Kier molecular flexibility index (Phi) is 2.66. The van der Waals surface area contributed by atoms with Gasteiger partial charge in [0.1, 0.15) is 0 Å². The van der Waals surface area contributed by atoms with Crippen LogP contribution in [0.5, 0.6) is 0 Å². The summed E-state index contributed by atoms with van der Waals surface area (Å²) in [5, 5.41) is 9.19. The fourth-order valence-electron chi connectivity index (χ4n) is 0.727. The highest BCUT2D eigenvalue weighted by Crippen LogP contribution is 2.12. The highest BCUT2D eigenvalue weighted by molar-refractivity contribution is 6.31. The predicted octanol–water partition coefficient (Wildman–Crippen LogP) is 1.27. The van der Waals surface area contributed by atoms with Gasteiger partial charge >= 0.3 is 0 Å². The minimum atomic E-state index is 0.129. The van der Waals surface area contributed by atoms with Crippen LogP contribution in [0.2, 0.25) is 5.02 Å². The number of pyridine rings is 1. The normalized spacial score (nSPS) is 9.80. The number of nitrogens with zero attached hydrogens (tertiary/aromatic N) is 1. The standard InChI is InChI=1S/C7H8ClNO/c8-7-5-9-3-1-6(7)2-4-10/h1,3,5,10H,2,4H2. The molecule has 0 fully saturated rings. The third-order valence-electron chi connectivity index (χ3n) is 1.24. The van der Waals surface area contributed by atoms with Gasteiger partial charge in [0.15, 0.2) is 0 Å². The molecule has 0 unspecified atom stereocenters. The average molecular weight is 158 g/mol. The van der Waals surface area contributed by atoms with E-state index in [1.807, 2.05) is 0 Å². The molecular weight excluding hydrogens is 150 g/mol. The summed E-state index contributed by atoms with van der Waals surface area (Å²) in [5.74, 6) is 0. The second-order valence-electron chi connectivity index (χ2n) is 1.94. The molecule has 0 amide bonds. The zero-order valence-electron chi connectivity index (χ0n) is 5.42. The molecule has 0 aliphatic carbocycles. The zero-order chi connectivity index (χ0) is 7.40. The Labute approximate surface area is 64.5 Å². The zero-order valence-corrected chi connectivity index (χ0v) is 6.17. The lowest BCUT2D eigenvalue weighted by atomic mass is 10.2. The molecule has 0 radical (unpaired) electrons. The molecule has 1 heterocycles. The number of aliphatic hydroxyl groups excluding tert-OH is 1. The quantitative estimate of drug-likeness (QED) is 0.702.